The molecule has 3 aromatic heterocycles. The summed E-state index contributed by atoms with van der Waals surface area (Å²) in [7, 11) is 2.10. The number of fused-ring (bicyclic) bond motifs is 3. The van der Waals surface area contributed by atoms with Crippen LogP contribution in [-0.4, -0.2) is 75.7 Å². The molecule has 46 heavy (non-hydrogen) atoms. The molecule has 244 valence electrons. The Bertz CT molecular complexity index is 1660. The first-order valence-electron chi connectivity index (χ1n) is 16.8. The number of pyridine rings is 2. The van der Waals surface area contributed by atoms with Crippen LogP contribution in [-0.2, 0) is 21.3 Å². The van der Waals surface area contributed by atoms with Crippen molar-refractivity contribution in [2.45, 2.75) is 83.2 Å². The number of benzene rings is 1. The molecule has 1 saturated heterocycles. The van der Waals surface area contributed by atoms with Crippen LogP contribution in [0, 0.1) is 11.8 Å². The quantitative estimate of drug-likeness (QED) is 0.175. The summed E-state index contributed by atoms with van der Waals surface area (Å²) >= 11 is 0. The van der Waals surface area contributed by atoms with Crippen molar-refractivity contribution in [2.75, 3.05) is 26.3 Å². The van der Waals surface area contributed by atoms with Crippen LogP contribution in [0.3, 0.4) is 0 Å². The van der Waals surface area contributed by atoms with Crippen LogP contribution < -0.4 is 4.74 Å². The van der Waals surface area contributed by atoms with Gasteiger partial charge in [0.05, 0.1) is 30.8 Å². The zero-order valence-electron chi connectivity index (χ0n) is 27.5. The summed E-state index contributed by atoms with van der Waals surface area (Å²) in [4.78, 5) is 22.7. The van der Waals surface area contributed by atoms with Crippen molar-refractivity contribution < 1.29 is 23.7 Å². The van der Waals surface area contributed by atoms with Gasteiger partial charge in [-0.2, -0.15) is 0 Å². The summed E-state index contributed by atoms with van der Waals surface area (Å²) in [6, 6.07) is 12.7. The van der Waals surface area contributed by atoms with E-state index in [4.69, 9.17) is 18.9 Å². The number of ether oxygens (including phenoxy) is 4. The molecule has 0 N–H and O–H groups in total. The zero-order valence-corrected chi connectivity index (χ0v) is 27.5. The number of hydrogen-bond acceptors (Lipinski definition) is 7. The van der Waals surface area contributed by atoms with Crippen LogP contribution in [0.15, 0.2) is 55.0 Å². The van der Waals surface area contributed by atoms with E-state index in [1.165, 1.54) is 34.6 Å². The number of hydrogen-bond donors (Lipinski definition) is 0. The maximum atomic E-state index is 12.0. The minimum absolute atomic E-state index is 0.150. The Hall–Kier alpha value is -3.69. The van der Waals surface area contributed by atoms with Crippen molar-refractivity contribution in [3.05, 3.63) is 55.0 Å². The van der Waals surface area contributed by atoms with E-state index in [1.54, 1.807) is 4.90 Å². The molecule has 3 fully saturated rings. The first-order chi connectivity index (χ1) is 22.2. The Morgan fingerprint density at radius 3 is 2.24 bits per heavy atom. The van der Waals surface area contributed by atoms with Gasteiger partial charge in [-0.15, -0.1) is 0 Å². The van der Waals surface area contributed by atoms with Crippen LogP contribution >= 0.6 is 0 Å². The molecule has 9 heteroatoms. The van der Waals surface area contributed by atoms with Gasteiger partial charge in [-0.25, -0.2) is 9.78 Å². The monoisotopic (exact) mass is 626 g/mol. The van der Waals surface area contributed by atoms with E-state index in [0.717, 1.165) is 61.9 Å². The van der Waals surface area contributed by atoms with E-state index in [-0.39, 0.29) is 18.3 Å². The third-order valence-electron chi connectivity index (χ3n) is 9.81. The zero-order chi connectivity index (χ0) is 31.8. The number of likely N-dealkylation sites (tertiary alicyclic amines) is 1. The third-order valence-corrected chi connectivity index (χ3v) is 9.81. The Morgan fingerprint density at radius 1 is 0.826 bits per heavy atom. The summed E-state index contributed by atoms with van der Waals surface area (Å²) < 4.78 is 25.9. The number of nitrogens with zero attached hydrogens (tertiary/aromatic N) is 4. The van der Waals surface area contributed by atoms with Crippen LogP contribution in [0.1, 0.15) is 59.3 Å². The lowest BCUT2D eigenvalue weighted by Crippen LogP contribution is -2.56. The first-order valence-corrected chi connectivity index (χ1v) is 16.8. The lowest BCUT2D eigenvalue weighted by molar-refractivity contribution is -0.0740. The molecule has 3 aliphatic rings. The fourth-order valence-corrected chi connectivity index (χ4v) is 6.94. The molecule has 0 bridgehead atoms. The van der Waals surface area contributed by atoms with Crippen molar-refractivity contribution in [2.24, 2.45) is 18.9 Å². The predicted octanol–water partition coefficient (Wildman–Crippen LogP) is 7.16. The van der Waals surface area contributed by atoms with E-state index in [0.29, 0.717) is 25.1 Å². The molecule has 2 aliphatic carbocycles. The van der Waals surface area contributed by atoms with Crippen molar-refractivity contribution in [3.63, 3.8) is 0 Å². The molecule has 4 heterocycles. The van der Waals surface area contributed by atoms with E-state index in [2.05, 4.69) is 51.9 Å². The lowest BCUT2D eigenvalue weighted by atomic mass is 9.72. The van der Waals surface area contributed by atoms with Gasteiger partial charge in [-0.05, 0) is 82.1 Å². The van der Waals surface area contributed by atoms with E-state index < -0.39 is 5.60 Å². The molecular formula is C37H46N4O5. The maximum Gasteiger partial charge on any atom is 0.410 e. The number of aromatic nitrogens is 3. The van der Waals surface area contributed by atoms with Crippen molar-refractivity contribution in [1.82, 2.24) is 19.4 Å². The van der Waals surface area contributed by atoms with Crippen LogP contribution in [0.4, 0.5) is 4.79 Å². The molecule has 2 saturated carbocycles. The number of rotatable bonds is 11. The largest absolute Gasteiger partial charge is 0.474 e. The van der Waals surface area contributed by atoms with Gasteiger partial charge in [0.1, 0.15) is 11.7 Å². The Labute approximate surface area is 271 Å². The second kappa shape index (κ2) is 12.8. The fraction of sp³-hybridized carbons (Fsp3) is 0.541. The van der Waals surface area contributed by atoms with Gasteiger partial charge in [-0.1, -0.05) is 12.1 Å². The highest BCUT2D eigenvalue weighted by atomic mass is 16.6. The SMILES string of the molecule is Cn1c2ccncc2c2ccc(-c3ccc(O[C@H]4C[C@H](OCCC5CC(CCOC6CN(C(=O)OC(C)(C)C)C6)C5)C4)nc3)cc21. The van der Waals surface area contributed by atoms with E-state index in [1.807, 2.05) is 45.4 Å². The van der Waals surface area contributed by atoms with Gasteiger partial charge in [0.15, 0.2) is 0 Å². The van der Waals surface area contributed by atoms with E-state index in [9.17, 15) is 4.79 Å². The molecule has 7 rings (SSSR count). The smallest absolute Gasteiger partial charge is 0.410 e. The average Bonchev–Trinajstić information content (AvgIpc) is 3.25. The highest BCUT2D eigenvalue weighted by Crippen LogP contribution is 2.39. The highest BCUT2D eigenvalue weighted by molar-refractivity contribution is 6.08. The Balaban J connectivity index is 0.753. The minimum Gasteiger partial charge on any atom is -0.474 e. The molecule has 1 amide bonds. The number of amides is 1. The average molecular weight is 627 g/mol. The summed E-state index contributed by atoms with van der Waals surface area (Å²) in [5, 5.41) is 2.38. The molecule has 0 unspecified atom stereocenters. The molecule has 1 aliphatic heterocycles. The van der Waals surface area contributed by atoms with Crippen molar-refractivity contribution in [3.8, 4) is 17.0 Å². The maximum absolute atomic E-state index is 12.0. The van der Waals surface area contributed by atoms with Crippen LogP contribution in [0.5, 0.6) is 5.88 Å². The molecule has 0 radical (unpaired) electrons. The first kappa shape index (κ1) is 30.9. The van der Waals surface area contributed by atoms with Gasteiger partial charge in [-0.3, -0.25) is 4.98 Å². The standard InChI is InChI=1S/C37H46N4O5/c1-37(2,3)46-36(42)41-22-30(23-41)44-14-11-25-15-24(16-25)10-13-43-28-18-29(19-28)45-35-8-6-27(20-39-35)26-5-7-31-32-21-38-12-9-33(32)40(4)34(31)17-26/h5-9,12,17,20-21,24-25,28-30H,10-11,13-16,18-19,22-23H2,1-4H3/t24?,25?,28-,29-. The highest BCUT2D eigenvalue weighted by Gasteiger charge is 2.36. The summed E-state index contributed by atoms with van der Waals surface area (Å²) in [5.41, 5.74) is 4.12. The van der Waals surface area contributed by atoms with Gasteiger partial charge >= 0.3 is 6.09 Å². The molecule has 0 spiro atoms. The number of aryl methyl sites for hydroxylation is 1. The summed E-state index contributed by atoms with van der Waals surface area (Å²) in [6.45, 7) is 8.55. The molecule has 1 aromatic carbocycles. The fourth-order valence-electron chi connectivity index (χ4n) is 6.94. The van der Waals surface area contributed by atoms with Gasteiger partial charge < -0.3 is 28.4 Å². The third kappa shape index (κ3) is 6.86. The predicted molar refractivity (Wildman–Crippen MR) is 178 cm³/mol. The van der Waals surface area contributed by atoms with Gasteiger partial charge in [0, 0.05) is 79.6 Å². The van der Waals surface area contributed by atoms with Crippen molar-refractivity contribution >= 4 is 27.9 Å². The summed E-state index contributed by atoms with van der Waals surface area (Å²) in [6.07, 6.45) is 12.7. The van der Waals surface area contributed by atoms with Gasteiger partial charge in [0.2, 0.25) is 5.88 Å². The molecule has 9 nitrogen and oxygen atoms in total. The number of carbonyl (C=O) groups is 1. The number of carbonyl (C=O) groups excluding carboxylic acids is 1. The van der Waals surface area contributed by atoms with Crippen LogP contribution in [0.2, 0.25) is 0 Å². The van der Waals surface area contributed by atoms with Gasteiger partial charge in [0.25, 0.3) is 0 Å². The van der Waals surface area contributed by atoms with Crippen LogP contribution in [0.25, 0.3) is 32.9 Å². The Kier molecular flexibility index (Phi) is 8.63. The Morgan fingerprint density at radius 2 is 1.54 bits per heavy atom. The van der Waals surface area contributed by atoms with E-state index >= 15 is 0 Å². The molecular weight excluding hydrogens is 580 g/mol. The minimum atomic E-state index is -0.453. The molecule has 0 atom stereocenters. The normalized spacial score (nSPS) is 23.2. The summed E-state index contributed by atoms with van der Waals surface area (Å²) in [5.74, 6) is 2.20. The topological polar surface area (TPSA) is 87.9 Å². The van der Waals surface area contributed by atoms with Crippen molar-refractivity contribution in [1.29, 1.82) is 0 Å². The lowest BCUT2D eigenvalue weighted by Gasteiger charge is -2.40. The molecule has 4 aromatic rings. The second-order valence-corrected chi connectivity index (χ2v) is 14.4. The second-order valence-electron chi connectivity index (χ2n) is 14.4.